The Morgan fingerprint density at radius 1 is 1.32 bits per heavy atom. The molecule has 0 bridgehead atoms. The number of rotatable bonds is 7. The van der Waals surface area contributed by atoms with Crippen LogP contribution in [0, 0.1) is 0 Å². The number of carbonyl (C=O) groups is 1. The van der Waals surface area contributed by atoms with E-state index in [4.69, 9.17) is 9.47 Å². The topological polar surface area (TPSA) is 65.4 Å². The van der Waals surface area contributed by atoms with E-state index >= 15 is 0 Å². The number of nitrogens with one attached hydrogen (secondary N) is 1. The minimum atomic E-state index is -0.368. The Balaban J connectivity index is 2.18. The molecule has 6 nitrogen and oxygen atoms in total. The van der Waals surface area contributed by atoms with Crippen molar-refractivity contribution in [2.75, 3.05) is 18.5 Å². The molecule has 6 heteroatoms. The molecule has 0 radical (unpaired) electrons. The number of aromatic nitrogens is 2. The molecule has 0 unspecified atom stereocenters. The van der Waals surface area contributed by atoms with Gasteiger partial charge in [-0.15, -0.1) is 0 Å². The highest BCUT2D eigenvalue weighted by atomic mass is 16.5. The van der Waals surface area contributed by atoms with Crippen molar-refractivity contribution in [2.45, 2.75) is 26.8 Å². The third-order valence-corrected chi connectivity index (χ3v) is 3.17. The van der Waals surface area contributed by atoms with Gasteiger partial charge < -0.3 is 19.4 Å². The first-order valence-corrected chi connectivity index (χ1v) is 7.33. The molecular weight excluding hydrogens is 282 g/mol. The number of imidazole rings is 1. The minimum Gasteiger partial charge on any atom is -0.494 e. The van der Waals surface area contributed by atoms with Gasteiger partial charge in [0.1, 0.15) is 17.5 Å². The highest BCUT2D eigenvalue weighted by Gasteiger charge is 2.17. The van der Waals surface area contributed by atoms with Crippen molar-refractivity contribution in [3.63, 3.8) is 0 Å². The van der Waals surface area contributed by atoms with E-state index < -0.39 is 0 Å². The van der Waals surface area contributed by atoms with Gasteiger partial charge in [0.2, 0.25) is 5.91 Å². The zero-order chi connectivity index (χ0) is 15.9. The Morgan fingerprint density at radius 2 is 2.09 bits per heavy atom. The van der Waals surface area contributed by atoms with Crippen molar-refractivity contribution < 1.29 is 14.3 Å². The van der Waals surface area contributed by atoms with Crippen molar-refractivity contribution in [1.82, 2.24) is 9.55 Å². The smallest absolute Gasteiger partial charge is 0.247 e. The van der Waals surface area contributed by atoms with Gasteiger partial charge in [-0.05, 0) is 32.9 Å². The Hall–Kier alpha value is -2.50. The molecule has 0 spiro atoms. The third kappa shape index (κ3) is 3.78. The Labute approximate surface area is 130 Å². The number of nitrogens with zero attached hydrogens (tertiary/aromatic N) is 2. The number of ether oxygens (including phenoxy) is 2. The number of carbonyl (C=O) groups excluding carboxylic acids is 1. The van der Waals surface area contributed by atoms with Crippen LogP contribution in [0.5, 0.6) is 11.5 Å². The summed E-state index contributed by atoms with van der Waals surface area (Å²) in [5.74, 6) is 1.17. The summed E-state index contributed by atoms with van der Waals surface area (Å²) >= 11 is 0. The van der Waals surface area contributed by atoms with E-state index in [0.29, 0.717) is 30.4 Å². The third-order valence-electron chi connectivity index (χ3n) is 3.17. The van der Waals surface area contributed by atoms with Gasteiger partial charge in [-0.1, -0.05) is 0 Å². The van der Waals surface area contributed by atoms with Crippen LogP contribution in [0.3, 0.4) is 0 Å². The number of amides is 1. The maximum Gasteiger partial charge on any atom is 0.247 e. The summed E-state index contributed by atoms with van der Waals surface area (Å²) in [6.07, 6.45) is 5.01. The summed E-state index contributed by atoms with van der Waals surface area (Å²) in [5.41, 5.74) is 0.602. The molecule has 2 rings (SSSR count). The van der Waals surface area contributed by atoms with Crippen LogP contribution >= 0.6 is 0 Å². The molecule has 1 heterocycles. The van der Waals surface area contributed by atoms with E-state index in [9.17, 15) is 4.79 Å². The van der Waals surface area contributed by atoms with Crippen LogP contribution in [0.2, 0.25) is 0 Å². The summed E-state index contributed by atoms with van der Waals surface area (Å²) in [7, 11) is 0. The van der Waals surface area contributed by atoms with Gasteiger partial charge in [-0.25, -0.2) is 4.98 Å². The number of hydrogen-bond donors (Lipinski definition) is 1. The van der Waals surface area contributed by atoms with Crippen LogP contribution in [0.1, 0.15) is 26.8 Å². The molecule has 1 amide bonds. The van der Waals surface area contributed by atoms with Gasteiger partial charge in [0.15, 0.2) is 0 Å². The predicted octanol–water partition coefficient (Wildman–Crippen LogP) is 2.88. The van der Waals surface area contributed by atoms with E-state index in [1.807, 2.05) is 26.8 Å². The van der Waals surface area contributed by atoms with Crippen LogP contribution in [0.15, 0.2) is 36.9 Å². The van der Waals surface area contributed by atoms with Crippen LogP contribution in [0.4, 0.5) is 5.69 Å². The van der Waals surface area contributed by atoms with Crippen molar-refractivity contribution >= 4 is 11.6 Å². The quantitative estimate of drug-likeness (QED) is 0.854. The maximum atomic E-state index is 12.4. The average Bonchev–Trinajstić information content (AvgIpc) is 3.03. The van der Waals surface area contributed by atoms with Gasteiger partial charge in [-0.2, -0.15) is 0 Å². The molecule has 0 saturated carbocycles. The fraction of sp³-hybridized carbons (Fsp3) is 0.375. The van der Waals surface area contributed by atoms with Crippen molar-refractivity contribution in [1.29, 1.82) is 0 Å². The SMILES string of the molecule is CCOc1ccc(OCC)c(NC(=O)[C@H](C)n2ccnc2)c1. The fourth-order valence-corrected chi connectivity index (χ4v) is 2.02. The van der Waals surface area contributed by atoms with Crippen LogP contribution < -0.4 is 14.8 Å². The lowest BCUT2D eigenvalue weighted by Crippen LogP contribution is -2.23. The molecule has 0 saturated heterocycles. The largest absolute Gasteiger partial charge is 0.494 e. The maximum absolute atomic E-state index is 12.4. The first-order valence-electron chi connectivity index (χ1n) is 7.33. The molecule has 1 N–H and O–H groups in total. The van der Waals surface area contributed by atoms with Gasteiger partial charge in [0, 0.05) is 18.5 Å². The lowest BCUT2D eigenvalue weighted by atomic mass is 10.2. The average molecular weight is 303 g/mol. The summed E-state index contributed by atoms with van der Waals surface area (Å²) < 4.78 is 12.8. The van der Waals surface area contributed by atoms with Crippen molar-refractivity contribution in [3.05, 3.63) is 36.9 Å². The van der Waals surface area contributed by atoms with Crippen LogP contribution in [0.25, 0.3) is 0 Å². The molecule has 0 aliphatic rings. The van der Waals surface area contributed by atoms with E-state index in [1.54, 1.807) is 35.4 Å². The molecule has 0 fully saturated rings. The number of benzene rings is 1. The molecule has 118 valence electrons. The summed E-state index contributed by atoms with van der Waals surface area (Å²) in [4.78, 5) is 16.3. The second-order valence-electron chi connectivity index (χ2n) is 4.70. The zero-order valence-electron chi connectivity index (χ0n) is 13.1. The molecule has 0 aliphatic carbocycles. The number of anilines is 1. The Morgan fingerprint density at radius 3 is 2.73 bits per heavy atom. The molecule has 1 atom stereocenters. The van der Waals surface area contributed by atoms with Crippen LogP contribution in [-0.2, 0) is 4.79 Å². The van der Waals surface area contributed by atoms with E-state index in [2.05, 4.69) is 10.3 Å². The number of hydrogen-bond acceptors (Lipinski definition) is 4. The normalized spacial score (nSPS) is 11.8. The fourth-order valence-electron chi connectivity index (χ4n) is 2.02. The highest BCUT2D eigenvalue weighted by Crippen LogP contribution is 2.30. The van der Waals surface area contributed by atoms with Crippen molar-refractivity contribution in [2.24, 2.45) is 0 Å². The van der Waals surface area contributed by atoms with E-state index in [0.717, 1.165) is 0 Å². The zero-order valence-corrected chi connectivity index (χ0v) is 13.1. The monoisotopic (exact) mass is 303 g/mol. The van der Waals surface area contributed by atoms with E-state index in [1.165, 1.54) is 0 Å². The summed E-state index contributed by atoms with van der Waals surface area (Å²) in [6.45, 7) is 6.70. The first-order chi connectivity index (χ1) is 10.7. The molecule has 0 aliphatic heterocycles. The van der Waals surface area contributed by atoms with Crippen LogP contribution in [-0.4, -0.2) is 28.7 Å². The molecular formula is C16H21N3O3. The predicted molar refractivity (Wildman–Crippen MR) is 84.3 cm³/mol. The Bertz CT molecular complexity index is 611. The molecule has 1 aromatic heterocycles. The van der Waals surface area contributed by atoms with Gasteiger partial charge in [0.25, 0.3) is 0 Å². The minimum absolute atomic E-state index is 0.146. The summed E-state index contributed by atoms with van der Waals surface area (Å²) in [6, 6.07) is 5.02. The van der Waals surface area contributed by atoms with Gasteiger partial charge in [0.05, 0.1) is 25.2 Å². The lowest BCUT2D eigenvalue weighted by Gasteiger charge is -2.16. The standard InChI is InChI=1S/C16H21N3O3/c1-4-21-13-6-7-15(22-5-2)14(10-13)18-16(20)12(3)19-9-8-17-11-19/h6-12H,4-5H2,1-3H3,(H,18,20)/t12-/m0/s1. The second kappa shape index (κ2) is 7.49. The van der Waals surface area contributed by atoms with Gasteiger partial charge in [-0.3, -0.25) is 4.79 Å². The van der Waals surface area contributed by atoms with Crippen molar-refractivity contribution in [3.8, 4) is 11.5 Å². The second-order valence-corrected chi connectivity index (χ2v) is 4.70. The highest BCUT2D eigenvalue weighted by molar-refractivity contribution is 5.95. The lowest BCUT2D eigenvalue weighted by molar-refractivity contribution is -0.118. The Kier molecular flexibility index (Phi) is 5.41. The van der Waals surface area contributed by atoms with Gasteiger partial charge >= 0.3 is 0 Å². The van der Waals surface area contributed by atoms with E-state index in [-0.39, 0.29) is 11.9 Å². The molecule has 2 aromatic rings. The summed E-state index contributed by atoms with van der Waals surface area (Å²) in [5, 5.41) is 2.89. The molecule has 22 heavy (non-hydrogen) atoms. The first kappa shape index (κ1) is 15.9. The molecule has 1 aromatic carbocycles.